The summed E-state index contributed by atoms with van der Waals surface area (Å²) in [5.41, 5.74) is 0.550. The Labute approximate surface area is 256 Å². The zero-order valence-corrected chi connectivity index (χ0v) is 24.6. The summed E-state index contributed by atoms with van der Waals surface area (Å²) < 4.78 is 41.2. The number of hydrogen-bond donors (Lipinski definition) is 2. The van der Waals surface area contributed by atoms with E-state index in [1.165, 1.54) is 25.1 Å². The van der Waals surface area contributed by atoms with Crippen molar-refractivity contribution in [3.63, 3.8) is 0 Å². The van der Waals surface area contributed by atoms with Crippen LogP contribution in [0.5, 0.6) is 0 Å². The molecule has 1 aromatic carbocycles. The van der Waals surface area contributed by atoms with E-state index in [4.69, 9.17) is 11.6 Å². The summed E-state index contributed by atoms with van der Waals surface area (Å²) in [4.78, 5) is 49.7. The number of benzene rings is 1. The maximum atomic E-state index is 14.4. The van der Waals surface area contributed by atoms with Crippen LogP contribution in [0.3, 0.4) is 0 Å². The molecule has 1 saturated carbocycles. The number of anilines is 3. The summed E-state index contributed by atoms with van der Waals surface area (Å²) in [6.45, 7) is 2.65. The molecule has 6 rings (SSSR count). The first kappa shape index (κ1) is 29.9. The fourth-order valence-corrected chi connectivity index (χ4v) is 6.69. The lowest BCUT2D eigenvalue weighted by atomic mass is 9.74. The fourth-order valence-electron chi connectivity index (χ4n) is 6.53. The summed E-state index contributed by atoms with van der Waals surface area (Å²) in [5.74, 6) is -0.795. The highest BCUT2D eigenvalue weighted by atomic mass is 35.5. The molecule has 44 heavy (non-hydrogen) atoms. The van der Waals surface area contributed by atoms with Gasteiger partial charge >= 0.3 is 0 Å². The Morgan fingerprint density at radius 2 is 1.82 bits per heavy atom. The van der Waals surface area contributed by atoms with Gasteiger partial charge in [0, 0.05) is 38.8 Å². The van der Waals surface area contributed by atoms with Gasteiger partial charge in [0.25, 0.3) is 12.3 Å². The Morgan fingerprint density at radius 3 is 2.48 bits per heavy atom. The van der Waals surface area contributed by atoms with E-state index in [1.807, 2.05) is 11.0 Å². The molecule has 0 radical (unpaired) electrons. The molecule has 0 atom stereocenters. The van der Waals surface area contributed by atoms with Crippen LogP contribution in [0, 0.1) is 11.7 Å². The Balaban J connectivity index is 1.10. The van der Waals surface area contributed by atoms with Crippen molar-refractivity contribution in [2.24, 2.45) is 5.92 Å². The second-order valence-electron chi connectivity index (χ2n) is 11.7. The number of rotatable bonds is 7. The maximum absolute atomic E-state index is 14.4. The van der Waals surface area contributed by atoms with E-state index in [0.717, 1.165) is 17.4 Å². The molecule has 0 bridgehead atoms. The van der Waals surface area contributed by atoms with Crippen LogP contribution in [-0.4, -0.2) is 53.4 Å². The quantitative estimate of drug-likeness (QED) is 0.371. The van der Waals surface area contributed by atoms with Gasteiger partial charge in [-0.05, 0) is 67.5 Å². The highest BCUT2D eigenvalue weighted by Gasteiger charge is 2.58. The van der Waals surface area contributed by atoms with Gasteiger partial charge < -0.3 is 20.4 Å². The molecule has 3 aliphatic rings. The first-order valence-electron chi connectivity index (χ1n) is 14.4. The molecule has 4 heterocycles. The standard InChI is InChI=1S/C31H30ClF3N6O3/c1-17(42)38-26-9-7-22(13-36-26)40-15-31(16-40)24-8-4-20(33)11-25(24)41(30(31)44)14-18-2-5-21(6-3-18)39-29(43)23-10-19(32)12-37-27(23)28(34)35/h4,7-13,18,21,28H,2-3,5-6,14-16H2,1H3,(H,39,43)(H,36,38,42)/t18-,21-. The van der Waals surface area contributed by atoms with Gasteiger partial charge in [-0.15, -0.1) is 0 Å². The Kier molecular flexibility index (Phi) is 7.95. The largest absolute Gasteiger partial charge is 0.367 e. The van der Waals surface area contributed by atoms with Gasteiger partial charge in [0.15, 0.2) is 0 Å². The lowest BCUT2D eigenvalue weighted by Crippen LogP contribution is -2.64. The van der Waals surface area contributed by atoms with Crippen molar-refractivity contribution in [2.45, 2.75) is 50.5 Å². The topological polar surface area (TPSA) is 108 Å². The molecule has 2 fully saturated rings. The van der Waals surface area contributed by atoms with Gasteiger partial charge in [-0.25, -0.2) is 18.2 Å². The summed E-state index contributed by atoms with van der Waals surface area (Å²) >= 11 is 5.90. The van der Waals surface area contributed by atoms with Crippen LogP contribution in [0.25, 0.3) is 0 Å². The SMILES string of the molecule is CC(=O)Nc1ccc(N2CC3(C2)C(=O)N(C[C@H]2CC[C@H](NC(=O)c4cc(Cl)cnc4C(F)F)CC2)c2cc(F)ccc23)cn1. The molecular weight excluding hydrogens is 597 g/mol. The summed E-state index contributed by atoms with van der Waals surface area (Å²) in [7, 11) is 0. The predicted molar refractivity (Wildman–Crippen MR) is 159 cm³/mol. The van der Waals surface area contributed by atoms with Crippen molar-refractivity contribution in [3.05, 3.63) is 76.5 Å². The molecule has 230 valence electrons. The Bertz CT molecular complexity index is 1610. The third-order valence-electron chi connectivity index (χ3n) is 8.72. The van der Waals surface area contributed by atoms with Gasteiger partial charge in [-0.3, -0.25) is 19.4 Å². The van der Waals surface area contributed by atoms with Crippen LogP contribution in [-0.2, 0) is 15.0 Å². The number of nitrogens with zero attached hydrogens (tertiary/aromatic N) is 4. The number of halogens is 4. The lowest BCUT2D eigenvalue weighted by molar-refractivity contribution is -0.124. The minimum atomic E-state index is -2.91. The van der Waals surface area contributed by atoms with Gasteiger partial charge in [0.1, 0.15) is 22.7 Å². The highest BCUT2D eigenvalue weighted by Crippen LogP contribution is 2.49. The van der Waals surface area contributed by atoms with Crippen molar-refractivity contribution < 1.29 is 27.6 Å². The molecule has 1 saturated heterocycles. The molecule has 3 aromatic rings. The van der Waals surface area contributed by atoms with Crippen LogP contribution in [0.4, 0.5) is 30.4 Å². The normalized spacial score (nSPS) is 20.5. The van der Waals surface area contributed by atoms with Gasteiger partial charge in [0.2, 0.25) is 11.8 Å². The van der Waals surface area contributed by atoms with Gasteiger partial charge in [-0.2, -0.15) is 0 Å². The number of carbonyl (C=O) groups excluding carboxylic acids is 3. The number of nitrogens with one attached hydrogen (secondary N) is 2. The summed E-state index contributed by atoms with van der Waals surface area (Å²) in [6.07, 6.45) is 2.42. The molecule has 2 N–H and O–H groups in total. The van der Waals surface area contributed by atoms with Crippen LogP contribution in [0.15, 0.2) is 48.8 Å². The van der Waals surface area contributed by atoms with E-state index in [0.29, 0.717) is 56.8 Å². The number of fused-ring (bicyclic) bond motifs is 2. The van der Waals surface area contributed by atoms with E-state index in [9.17, 15) is 27.6 Å². The number of hydrogen-bond acceptors (Lipinski definition) is 6. The van der Waals surface area contributed by atoms with E-state index in [-0.39, 0.29) is 34.4 Å². The molecule has 1 aliphatic carbocycles. The van der Waals surface area contributed by atoms with E-state index >= 15 is 0 Å². The highest BCUT2D eigenvalue weighted by molar-refractivity contribution is 6.30. The van der Waals surface area contributed by atoms with Crippen LogP contribution in [0.2, 0.25) is 5.02 Å². The van der Waals surface area contributed by atoms with Crippen molar-refractivity contribution in [3.8, 4) is 0 Å². The second kappa shape index (κ2) is 11.7. The summed E-state index contributed by atoms with van der Waals surface area (Å²) in [6, 6.07) is 9.01. The average molecular weight is 627 g/mol. The molecule has 0 unspecified atom stereocenters. The molecule has 2 aromatic heterocycles. The third kappa shape index (κ3) is 5.58. The third-order valence-corrected chi connectivity index (χ3v) is 8.93. The molecule has 1 spiro atoms. The minimum Gasteiger partial charge on any atom is -0.367 e. The fraction of sp³-hybridized carbons (Fsp3) is 0.387. The van der Waals surface area contributed by atoms with Crippen molar-refractivity contribution in [1.82, 2.24) is 15.3 Å². The number of alkyl halides is 2. The maximum Gasteiger partial charge on any atom is 0.281 e. The zero-order valence-electron chi connectivity index (χ0n) is 23.8. The Morgan fingerprint density at radius 1 is 1.07 bits per heavy atom. The van der Waals surface area contributed by atoms with Crippen molar-refractivity contribution >= 4 is 46.5 Å². The second-order valence-corrected chi connectivity index (χ2v) is 12.1. The zero-order chi connectivity index (χ0) is 31.2. The van der Waals surface area contributed by atoms with E-state index in [1.54, 1.807) is 23.2 Å². The molecular formula is C31H30ClF3N6O3. The van der Waals surface area contributed by atoms with Crippen LogP contribution >= 0.6 is 11.6 Å². The number of aromatic nitrogens is 2. The van der Waals surface area contributed by atoms with E-state index in [2.05, 4.69) is 20.6 Å². The minimum absolute atomic E-state index is 0.0689. The van der Waals surface area contributed by atoms with Crippen LogP contribution in [0.1, 0.15) is 60.6 Å². The van der Waals surface area contributed by atoms with Crippen molar-refractivity contribution in [1.29, 1.82) is 0 Å². The van der Waals surface area contributed by atoms with Gasteiger partial charge in [-0.1, -0.05) is 17.7 Å². The van der Waals surface area contributed by atoms with Crippen LogP contribution < -0.4 is 20.4 Å². The summed E-state index contributed by atoms with van der Waals surface area (Å²) in [5, 5.41) is 5.57. The predicted octanol–water partition coefficient (Wildman–Crippen LogP) is 5.26. The first-order chi connectivity index (χ1) is 21.0. The molecule has 2 aliphatic heterocycles. The van der Waals surface area contributed by atoms with E-state index < -0.39 is 29.3 Å². The smallest absolute Gasteiger partial charge is 0.281 e. The first-order valence-corrected chi connectivity index (χ1v) is 14.8. The number of amides is 3. The van der Waals surface area contributed by atoms with Crippen molar-refractivity contribution in [2.75, 3.05) is 34.8 Å². The van der Waals surface area contributed by atoms with Gasteiger partial charge in [0.05, 0.1) is 28.2 Å². The molecule has 3 amide bonds. The number of pyridine rings is 2. The molecule has 9 nitrogen and oxygen atoms in total. The average Bonchev–Trinajstić information content (AvgIpc) is 3.20. The number of carbonyl (C=O) groups is 3. The molecule has 13 heteroatoms. The Hall–Kier alpha value is -4.19. The lowest BCUT2D eigenvalue weighted by Gasteiger charge is -2.48. The monoisotopic (exact) mass is 626 g/mol.